The summed E-state index contributed by atoms with van der Waals surface area (Å²) in [4.78, 5) is 16.5. The highest BCUT2D eigenvalue weighted by Gasteiger charge is 2.17. The summed E-state index contributed by atoms with van der Waals surface area (Å²) in [6.07, 6.45) is 7.69. The van der Waals surface area contributed by atoms with Gasteiger partial charge in [0.2, 0.25) is 5.91 Å². The molecule has 0 spiro atoms. The van der Waals surface area contributed by atoms with E-state index in [2.05, 4.69) is 20.5 Å². The van der Waals surface area contributed by atoms with Gasteiger partial charge in [0.25, 0.3) is 0 Å². The summed E-state index contributed by atoms with van der Waals surface area (Å²) >= 11 is 0. The van der Waals surface area contributed by atoms with E-state index in [1.54, 1.807) is 24.8 Å². The van der Waals surface area contributed by atoms with Crippen LogP contribution in [-0.4, -0.2) is 27.1 Å². The quantitative estimate of drug-likeness (QED) is 0.635. The van der Waals surface area contributed by atoms with Crippen LogP contribution in [0.1, 0.15) is 20.3 Å². The number of carbonyl (C=O) groups excluding carboxylic acids is 1. The van der Waals surface area contributed by atoms with Crippen LogP contribution in [0.15, 0.2) is 55.1 Å². The van der Waals surface area contributed by atoms with E-state index in [9.17, 15) is 4.79 Å². The lowest BCUT2D eigenvalue weighted by atomic mass is 9.99. The van der Waals surface area contributed by atoms with Crippen molar-refractivity contribution in [2.45, 2.75) is 26.3 Å². The Hall–Kier alpha value is -2.99. The maximum Gasteiger partial charge on any atom is 0.241 e. The maximum absolute atomic E-state index is 12.5. The molecule has 26 heavy (non-hydrogen) atoms. The highest BCUT2D eigenvalue weighted by molar-refractivity contribution is 5.99. The Bertz CT molecular complexity index is 859. The van der Waals surface area contributed by atoms with Crippen molar-refractivity contribution in [1.82, 2.24) is 15.2 Å². The van der Waals surface area contributed by atoms with Crippen molar-refractivity contribution >= 4 is 11.6 Å². The minimum atomic E-state index is -0.535. The zero-order chi connectivity index (χ0) is 18.5. The van der Waals surface area contributed by atoms with Crippen LogP contribution in [0.4, 0.5) is 5.69 Å². The predicted octanol–water partition coefficient (Wildman–Crippen LogP) is 3.45. The van der Waals surface area contributed by atoms with Crippen LogP contribution in [0.3, 0.4) is 0 Å². The number of aromatic nitrogens is 3. The van der Waals surface area contributed by atoms with Gasteiger partial charge < -0.3 is 11.1 Å². The Labute approximate surface area is 152 Å². The molecule has 1 aromatic carbocycles. The molecule has 1 atom stereocenters. The van der Waals surface area contributed by atoms with Crippen LogP contribution in [0, 0.1) is 5.92 Å². The SMILES string of the molecule is CC(C)C[C@@H](N)C(=O)Nc1ccc(-c2ccncc2)cc1-c1cn[nH]c1. The maximum atomic E-state index is 12.5. The first-order valence-electron chi connectivity index (χ1n) is 8.64. The summed E-state index contributed by atoms with van der Waals surface area (Å²) in [5.74, 6) is 0.179. The van der Waals surface area contributed by atoms with E-state index < -0.39 is 6.04 Å². The van der Waals surface area contributed by atoms with Crippen molar-refractivity contribution in [2.24, 2.45) is 11.7 Å². The number of nitrogens with zero attached hydrogens (tertiary/aromatic N) is 2. The molecule has 0 aliphatic carbocycles. The second kappa shape index (κ2) is 7.93. The summed E-state index contributed by atoms with van der Waals surface area (Å²) < 4.78 is 0. The zero-order valence-corrected chi connectivity index (χ0v) is 14.9. The molecule has 0 bridgehead atoms. The first kappa shape index (κ1) is 17.8. The third-order valence-electron chi connectivity index (χ3n) is 4.16. The first-order valence-corrected chi connectivity index (χ1v) is 8.64. The molecule has 1 amide bonds. The summed E-state index contributed by atoms with van der Waals surface area (Å²) in [6, 6.07) is 9.27. The highest BCUT2D eigenvalue weighted by atomic mass is 16.2. The van der Waals surface area contributed by atoms with E-state index in [0.29, 0.717) is 18.0 Å². The van der Waals surface area contributed by atoms with Crippen molar-refractivity contribution in [3.63, 3.8) is 0 Å². The number of H-pyrrole nitrogens is 1. The number of anilines is 1. The molecule has 134 valence electrons. The zero-order valence-electron chi connectivity index (χ0n) is 14.9. The standard InChI is InChI=1S/C20H23N5O/c1-13(2)9-18(21)20(26)25-19-4-3-15(14-5-7-22-8-6-14)10-17(19)16-11-23-24-12-16/h3-8,10-13,18H,9,21H2,1-2H3,(H,23,24)(H,25,26)/t18-/m1/s1. The third kappa shape index (κ3) is 4.15. The van der Waals surface area contributed by atoms with Crippen molar-refractivity contribution < 1.29 is 4.79 Å². The van der Waals surface area contributed by atoms with E-state index in [0.717, 1.165) is 22.3 Å². The normalized spacial score (nSPS) is 12.2. The molecule has 0 fully saturated rings. The molecule has 2 heterocycles. The van der Waals surface area contributed by atoms with Crippen LogP contribution in [0.2, 0.25) is 0 Å². The van der Waals surface area contributed by atoms with Crippen LogP contribution in [0.5, 0.6) is 0 Å². The van der Waals surface area contributed by atoms with Gasteiger partial charge in [-0.2, -0.15) is 5.10 Å². The lowest BCUT2D eigenvalue weighted by Crippen LogP contribution is -2.36. The van der Waals surface area contributed by atoms with E-state index in [-0.39, 0.29) is 5.91 Å². The molecule has 6 nitrogen and oxygen atoms in total. The molecular weight excluding hydrogens is 326 g/mol. The largest absolute Gasteiger partial charge is 0.324 e. The molecule has 2 aromatic heterocycles. The van der Waals surface area contributed by atoms with Crippen LogP contribution in [-0.2, 0) is 4.79 Å². The van der Waals surface area contributed by atoms with Gasteiger partial charge in [-0.15, -0.1) is 0 Å². The molecule has 0 aliphatic heterocycles. The molecule has 3 aromatic rings. The number of benzene rings is 1. The van der Waals surface area contributed by atoms with Crippen molar-refractivity contribution in [3.8, 4) is 22.3 Å². The smallest absolute Gasteiger partial charge is 0.241 e. The number of hydrogen-bond donors (Lipinski definition) is 3. The Morgan fingerprint density at radius 2 is 1.92 bits per heavy atom. The molecule has 0 radical (unpaired) electrons. The molecular formula is C20H23N5O. The summed E-state index contributed by atoms with van der Waals surface area (Å²) in [5, 5.41) is 9.81. The van der Waals surface area contributed by atoms with Gasteiger partial charge in [-0.05, 0) is 47.7 Å². The van der Waals surface area contributed by atoms with Gasteiger partial charge in [0.15, 0.2) is 0 Å². The molecule has 4 N–H and O–H groups in total. The molecule has 0 aliphatic rings. The molecule has 6 heteroatoms. The number of amides is 1. The summed E-state index contributed by atoms with van der Waals surface area (Å²) in [5.41, 5.74) is 10.6. The van der Waals surface area contributed by atoms with E-state index in [1.807, 2.05) is 44.2 Å². The van der Waals surface area contributed by atoms with Crippen LogP contribution >= 0.6 is 0 Å². The molecule has 0 unspecified atom stereocenters. The number of hydrogen-bond acceptors (Lipinski definition) is 4. The van der Waals surface area contributed by atoms with Gasteiger partial charge in [0.05, 0.1) is 12.2 Å². The fraction of sp³-hybridized carbons (Fsp3) is 0.250. The van der Waals surface area contributed by atoms with Crippen LogP contribution < -0.4 is 11.1 Å². The summed E-state index contributed by atoms with van der Waals surface area (Å²) in [6.45, 7) is 4.10. The Morgan fingerprint density at radius 1 is 1.15 bits per heavy atom. The van der Waals surface area contributed by atoms with E-state index in [4.69, 9.17) is 5.73 Å². The van der Waals surface area contributed by atoms with Crippen molar-refractivity contribution in [3.05, 3.63) is 55.1 Å². The average molecular weight is 349 g/mol. The van der Waals surface area contributed by atoms with Crippen molar-refractivity contribution in [2.75, 3.05) is 5.32 Å². The molecule has 0 saturated carbocycles. The molecule has 3 rings (SSSR count). The average Bonchev–Trinajstić information content (AvgIpc) is 3.16. The third-order valence-corrected chi connectivity index (χ3v) is 4.16. The summed E-state index contributed by atoms with van der Waals surface area (Å²) in [7, 11) is 0. The van der Waals surface area contributed by atoms with Gasteiger partial charge in [0.1, 0.15) is 0 Å². The van der Waals surface area contributed by atoms with E-state index in [1.165, 1.54) is 0 Å². The number of pyridine rings is 1. The van der Waals surface area contributed by atoms with Gasteiger partial charge in [-0.25, -0.2) is 0 Å². The lowest BCUT2D eigenvalue weighted by Gasteiger charge is -2.17. The number of nitrogens with one attached hydrogen (secondary N) is 2. The van der Waals surface area contributed by atoms with Gasteiger partial charge in [-0.3, -0.25) is 14.9 Å². The fourth-order valence-electron chi connectivity index (χ4n) is 2.85. The minimum Gasteiger partial charge on any atom is -0.324 e. The number of rotatable bonds is 6. The van der Waals surface area contributed by atoms with E-state index >= 15 is 0 Å². The van der Waals surface area contributed by atoms with Gasteiger partial charge in [0, 0.05) is 35.4 Å². The Kier molecular flexibility index (Phi) is 5.43. The van der Waals surface area contributed by atoms with Crippen LogP contribution in [0.25, 0.3) is 22.3 Å². The topological polar surface area (TPSA) is 96.7 Å². The Morgan fingerprint density at radius 3 is 2.58 bits per heavy atom. The number of carbonyl (C=O) groups is 1. The second-order valence-electron chi connectivity index (χ2n) is 6.71. The Balaban J connectivity index is 1.94. The molecule has 0 saturated heterocycles. The van der Waals surface area contributed by atoms with Gasteiger partial charge >= 0.3 is 0 Å². The predicted molar refractivity (Wildman–Crippen MR) is 103 cm³/mol. The number of nitrogens with two attached hydrogens (primary N) is 1. The van der Waals surface area contributed by atoms with Crippen molar-refractivity contribution in [1.29, 1.82) is 0 Å². The fourth-order valence-corrected chi connectivity index (χ4v) is 2.85. The second-order valence-corrected chi connectivity index (χ2v) is 6.71. The lowest BCUT2D eigenvalue weighted by molar-refractivity contribution is -0.117. The highest BCUT2D eigenvalue weighted by Crippen LogP contribution is 2.32. The minimum absolute atomic E-state index is 0.180. The monoisotopic (exact) mass is 349 g/mol. The number of aromatic amines is 1. The first-order chi connectivity index (χ1) is 12.5. The van der Waals surface area contributed by atoms with Gasteiger partial charge in [-0.1, -0.05) is 19.9 Å².